The number of thioether (sulfide) groups is 1. The van der Waals surface area contributed by atoms with Crippen LogP contribution < -0.4 is 10.1 Å². The molecule has 1 atom stereocenters. The Kier molecular flexibility index (Phi) is 5.98. The van der Waals surface area contributed by atoms with Gasteiger partial charge in [-0.3, -0.25) is 4.79 Å². The van der Waals surface area contributed by atoms with Crippen molar-refractivity contribution in [2.24, 2.45) is 5.41 Å². The number of ether oxygens (including phenoxy) is 1. The van der Waals surface area contributed by atoms with Crippen molar-refractivity contribution in [2.75, 3.05) is 11.1 Å². The van der Waals surface area contributed by atoms with Crippen LogP contribution in [0.2, 0.25) is 0 Å². The molecule has 0 radical (unpaired) electrons. The minimum atomic E-state index is -0.323. The molecule has 0 fully saturated rings. The van der Waals surface area contributed by atoms with Crippen molar-refractivity contribution in [1.29, 1.82) is 0 Å². The minimum absolute atomic E-state index is 0.0876. The van der Waals surface area contributed by atoms with Crippen LogP contribution >= 0.6 is 11.8 Å². The highest BCUT2D eigenvalue weighted by Crippen LogP contribution is 2.46. The number of aryl methyl sites for hydroxylation is 1. The normalized spacial score (nSPS) is 18.8. The van der Waals surface area contributed by atoms with E-state index < -0.39 is 0 Å². The molecule has 0 amide bonds. The summed E-state index contributed by atoms with van der Waals surface area (Å²) in [7, 11) is 0. The van der Waals surface area contributed by atoms with Crippen LogP contribution in [-0.4, -0.2) is 26.3 Å². The van der Waals surface area contributed by atoms with E-state index in [1.54, 1.807) is 11.8 Å². The number of nitrogens with one attached hydrogen (secondary N) is 1. The van der Waals surface area contributed by atoms with E-state index in [-0.39, 0.29) is 17.2 Å². The second-order valence-electron chi connectivity index (χ2n) is 9.80. The summed E-state index contributed by atoms with van der Waals surface area (Å²) in [5.41, 5.74) is 4.99. The molecule has 0 bridgehead atoms. The van der Waals surface area contributed by atoms with Gasteiger partial charge in [0.05, 0.1) is 0 Å². The van der Waals surface area contributed by atoms with Gasteiger partial charge < -0.3 is 10.1 Å². The van der Waals surface area contributed by atoms with Crippen LogP contribution in [0.1, 0.15) is 56.3 Å². The van der Waals surface area contributed by atoms with Gasteiger partial charge in [0.25, 0.3) is 0 Å². The number of anilines is 1. The largest absolute Gasteiger partial charge is 0.489 e. The quantitative estimate of drug-likeness (QED) is 0.446. The number of benzene rings is 2. The predicted octanol–water partition coefficient (Wildman–Crippen LogP) is 5.94. The molecule has 2 aliphatic rings. The van der Waals surface area contributed by atoms with Crippen LogP contribution in [0, 0.1) is 12.3 Å². The average molecular weight is 475 g/mol. The monoisotopic (exact) mass is 474 g/mol. The number of aromatic nitrogens is 3. The van der Waals surface area contributed by atoms with E-state index in [2.05, 4.69) is 57.3 Å². The Morgan fingerprint density at radius 2 is 1.97 bits per heavy atom. The number of nitrogens with zero attached hydrogens (tertiary/aromatic N) is 3. The lowest BCUT2D eigenvalue weighted by atomic mass is 9.73. The molecule has 7 heteroatoms. The Balaban J connectivity index is 1.51. The van der Waals surface area contributed by atoms with E-state index in [1.807, 2.05) is 28.9 Å². The van der Waals surface area contributed by atoms with Gasteiger partial charge in [-0.2, -0.15) is 4.98 Å². The molecule has 1 aromatic heterocycles. The molecule has 34 heavy (non-hydrogen) atoms. The second-order valence-corrected chi connectivity index (χ2v) is 11.0. The van der Waals surface area contributed by atoms with Gasteiger partial charge in [-0.1, -0.05) is 74.5 Å². The second kappa shape index (κ2) is 8.95. The van der Waals surface area contributed by atoms with Crippen molar-refractivity contribution < 1.29 is 9.53 Å². The molecular formula is C27H30N4O2S. The maximum atomic E-state index is 13.4. The third-order valence-electron chi connectivity index (χ3n) is 6.29. The first kappa shape index (κ1) is 22.7. The Hall–Kier alpha value is -3.06. The van der Waals surface area contributed by atoms with Crippen molar-refractivity contribution in [2.45, 2.75) is 58.3 Å². The fourth-order valence-corrected chi connectivity index (χ4v) is 5.27. The highest BCUT2D eigenvalue weighted by Gasteiger charge is 2.42. The van der Waals surface area contributed by atoms with E-state index in [0.29, 0.717) is 24.1 Å². The fraction of sp³-hybridized carbons (Fsp3) is 0.370. The summed E-state index contributed by atoms with van der Waals surface area (Å²) in [6.07, 6.45) is 1.32. The van der Waals surface area contributed by atoms with Crippen molar-refractivity contribution in [3.8, 4) is 5.75 Å². The zero-order chi connectivity index (χ0) is 23.9. The van der Waals surface area contributed by atoms with Gasteiger partial charge in [0.1, 0.15) is 18.4 Å². The summed E-state index contributed by atoms with van der Waals surface area (Å²) < 4.78 is 7.99. The van der Waals surface area contributed by atoms with Crippen molar-refractivity contribution in [1.82, 2.24) is 14.8 Å². The summed E-state index contributed by atoms with van der Waals surface area (Å²) in [5.74, 6) is 2.51. The number of carbonyl (C=O) groups excluding carboxylic acids is 1. The number of hydrogen-bond donors (Lipinski definition) is 1. The topological polar surface area (TPSA) is 69.0 Å². The number of allylic oxidation sites excluding steroid dienone is 2. The molecule has 2 heterocycles. The van der Waals surface area contributed by atoms with E-state index in [1.165, 1.54) is 5.56 Å². The van der Waals surface area contributed by atoms with Gasteiger partial charge in [-0.05, 0) is 47.8 Å². The van der Waals surface area contributed by atoms with Gasteiger partial charge in [-0.25, -0.2) is 4.68 Å². The van der Waals surface area contributed by atoms with Gasteiger partial charge in [0.2, 0.25) is 11.1 Å². The number of ketones is 1. The Bertz CT molecular complexity index is 1260. The average Bonchev–Trinajstić information content (AvgIpc) is 3.19. The summed E-state index contributed by atoms with van der Waals surface area (Å²) in [4.78, 5) is 18.1. The molecule has 3 aromatic rings. The molecule has 5 rings (SSSR count). The van der Waals surface area contributed by atoms with Crippen LogP contribution in [0.15, 0.2) is 65.0 Å². The van der Waals surface area contributed by atoms with Gasteiger partial charge in [0, 0.05) is 17.7 Å². The number of hydrogen-bond acceptors (Lipinski definition) is 6. The van der Waals surface area contributed by atoms with Gasteiger partial charge in [0.15, 0.2) is 5.78 Å². The van der Waals surface area contributed by atoms with Crippen molar-refractivity contribution in [3.63, 3.8) is 0 Å². The lowest BCUT2D eigenvalue weighted by Crippen LogP contribution is -2.36. The molecule has 1 unspecified atom stereocenters. The standard InChI is InChI=1S/C27H30N4O2S/c1-5-34-26-29-25-28-21-14-27(3,4)15-22(32)23(21)24(31(25)30-26)19-7-6-8-20(13-19)33-16-18-11-9-17(2)10-12-18/h6-13,24H,5,14-16H2,1-4H3,(H,28,29,30). The van der Waals surface area contributed by atoms with E-state index in [4.69, 9.17) is 14.8 Å². The molecule has 0 saturated carbocycles. The van der Waals surface area contributed by atoms with Gasteiger partial charge in [-0.15, -0.1) is 5.10 Å². The minimum Gasteiger partial charge on any atom is -0.489 e. The number of rotatable bonds is 6. The molecule has 176 valence electrons. The first-order valence-corrected chi connectivity index (χ1v) is 12.7. The van der Waals surface area contributed by atoms with Crippen LogP contribution in [0.25, 0.3) is 0 Å². The van der Waals surface area contributed by atoms with Crippen LogP contribution in [0.5, 0.6) is 5.75 Å². The molecule has 1 aliphatic carbocycles. The summed E-state index contributed by atoms with van der Waals surface area (Å²) >= 11 is 1.60. The van der Waals surface area contributed by atoms with Gasteiger partial charge >= 0.3 is 0 Å². The Labute approximate surface area is 204 Å². The first-order valence-electron chi connectivity index (χ1n) is 11.7. The molecule has 0 saturated heterocycles. The number of Topliss-reactive ketones (excluding diaryl/α,β-unsaturated/α-hetero) is 1. The summed E-state index contributed by atoms with van der Waals surface area (Å²) in [6, 6.07) is 16.0. The van der Waals surface area contributed by atoms with E-state index in [9.17, 15) is 4.79 Å². The lowest BCUT2D eigenvalue weighted by molar-refractivity contribution is -0.118. The molecule has 1 aliphatic heterocycles. The highest BCUT2D eigenvalue weighted by molar-refractivity contribution is 7.99. The third kappa shape index (κ3) is 4.49. The Morgan fingerprint density at radius 3 is 2.74 bits per heavy atom. The predicted molar refractivity (Wildman–Crippen MR) is 135 cm³/mol. The molecule has 6 nitrogen and oxygen atoms in total. The maximum Gasteiger partial charge on any atom is 0.227 e. The van der Waals surface area contributed by atoms with E-state index in [0.717, 1.165) is 40.3 Å². The molecular weight excluding hydrogens is 444 g/mol. The SMILES string of the molecule is CCSc1nc2n(n1)C(c1cccc(OCc3ccc(C)cc3)c1)C1=C(CC(C)(C)CC1=O)N2. The molecule has 0 spiro atoms. The van der Waals surface area contributed by atoms with E-state index >= 15 is 0 Å². The number of fused-ring (bicyclic) bond motifs is 1. The van der Waals surface area contributed by atoms with Crippen molar-refractivity contribution in [3.05, 3.63) is 76.5 Å². The van der Waals surface area contributed by atoms with Crippen LogP contribution in [0.4, 0.5) is 5.95 Å². The van der Waals surface area contributed by atoms with Crippen molar-refractivity contribution >= 4 is 23.5 Å². The Morgan fingerprint density at radius 1 is 1.18 bits per heavy atom. The number of carbonyl (C=O) groups is 1. The zero-order valence-electron chi connectivity index (χ0n) is 20.1. The zero-order valence-corrected chi connectivity index (χ0v) is 20.9. The fourth-order valence-electron chi connectivity index (χ4n) is 4.71. The summed E-state index contributed by atoms with van der Waals surface area (Å²) in [5, 5.41) is 8.92. The van der Waals surface area contributed by atoms with Crippen LogP contribution in [-0.2, 0) is 11.4 Å². The smallest absolute Gasteiger partial charge is 0.227 e. The summed E-state index contributed by atoms with van der Waals surface area (Å²) in [6.45, 7) is 8.93. The first-order chi connectivity index (χ1) is 16.3. The van der Waals surface area contributed by atoms with Crippen LogP contribution in [0.3, 0.4) is 0 Å². The molecule has 1 N–H and O–H groups in total. The lowest BCUT2D eigenvalue weighted by Gasteiger charge is -2.38. The highest BCUT2D eigenvalue weighted by atomic mass is 32.2. The maximum absolute atomic E-state index is 13.4. The third-order valence-corrected chi connectivity index (χ3v) is 7.01. The molecule has 2 aromatic carbocycles.